The number of carbonyl (C=O) groups is 9. The Kier molecular flexibility index (Phi) is 28.7. The van der Waals surface area contributed by atoms with Crippen LogP contribution in [-0.4, -0.2) is 239 Å². The summed E-state index contributed by atoms with van der Waals surface area (Å²) < 4.78 is 58.3. The van der Waals surface area contributed by atoms with E-state index in [-0.39, 0.29) is 48.5 Å². The van der Waals surface area contributed by atoms with Crippen LogP contribution in [0.3, 0.4) is 0 Å². The average molecular weight is 1770 g/mol. The Morgan fingerprint density at radius 3 is 1.90 bits per heavy atom. The van der Waals surface area contributed by atoms with E-state index >= 15 is 19.2 Å². The fraction of sp³-hybridized carbons (Fsp3) is 0.458. The Balaban J connectivity index is 1.08. The maximum Gasteiger partial charge on any atom is 0.334 e. The minimum absolute atomic E-state index is 0.114. The molecule has 8 aliphatic rings. The molecule has 0 aromatic heterocycles. The molecule has 14 rings (SSSR count). The van der Waals surface area contributed by atoms with Crippen LogP contribution in [0.5, 0.6) is 46.0 Å². The minimum atomic E-state index is -2.36. The Hall–Kier alpha value is -10.7. The number of nitrogens with one attached hydrogen (secondary N) is 8. The molecule has 7 amide bonds. The lowest BCUT2D eigenvalue weighted by Gasteiger charge is -2.48. The van der Waals surface area contributed by atoms with Crippen molar-refractivity contribution in [2.75, 3.05) is 20.2 Å². The largest absolute Gasteiger partial charge is 0.508 e. The molecule has 41 heteroatoms. The molecular weight excluding hydrogens is 1670 g/mol. The number of hydrogen-bond donors (Lipinski definition) is 21. The molecule has 23 atom stereocenters. The fourth-order valence-electron chi connectivity index (χ4n) is 15.7. The van der Waals surface area contributed by atoms with E-state index in [4.69, 9.17) is 77.3 Å². The Morgan fingerprint density at radius 1 is 0.669 bits per heavy atom. The third-order valence-corrected chi connectivity index (χ3v) is 23.0. The van der Waals surface area contributed by atoms with Gasteiger partial charge in [0.15, 0.2) is 42.3 Å². The van der Waals surface area contributed by atoms with Gasteiger partial charge in [-0.2, -0.15) is 0 Å². The first kappa shape index (κ1) is 92.5. The van der Waals surface area contributed by atoms with Crippen molar-refractivity contribution in [3.63, 3.8) is 0 Å². The summed E-state index contributed by atoms with van der Waals surface area (Å²) in [7, 11) is 1.47. The van der Waals surface area contributed by atoms with E-state index in [0.717, 1.165) is 60.7 Å². The fourth-order valence-corrected chi connectivity index (χ4v) is 16.1. The number of phenolic OH excluding ortho intramolecular Hbond substituents is 3. The van der Waals surface area contributed by atoms with Gasteiger partial charge < -0.3 is 153 Å². The van der Waals surface area contributed by atoms with Crippen LogP contribution >= 0.6 is 23.2 Å². The van der Waals surface area contributed by atoms with Crippen molar-refractivity contribution < 1.29 is 142 Å². The van der Waals surface area contributed by atoms with Crippen molar-refractivity contribution in [2.45, 2.75) is 213 Å². The van der Waals surface area contributed by atoms with Crippen molar-refractivity contribution in [2.24, 2.45) is 17.4 Å². The molecule has 39 nitrogen and oxygen atoms in total. The molecule has 668 valence electrons. The van der Waals surface area contributed by atoms with Crippen molar-refractivity contribution >= 4 is 76.5 Å². The Labute approximate surface area is 718 Å². The number of aromatic hydroxyl groups is 3. The Bertz CT molecular complexity index is 5020. The molecule has 0 spiro atoms. The molecule has 0 radical (unpaired) electrons. The number of primary amides is 1. The number of halogens is 2. The maximum atomic E-state index is 16.4. The number of ether oxygens (including phenoxy) is 9. The van der Waals surface area contributed by atoms with Gasteiger partial charge in [0.05, 0.1) is 60.1 Å². The van der Waals surface area contributed by atoms with Crippen LogP contribution < -0.4 is 68.2 Å². The van der Waals surface area contributed by atoms with Gasteiger partial charge >= 0.3 is 11.9 Å². The smallest absolute Gasteiger partial charge is 0.334 e. The molecule has 8 aliphatic heterocycles. The van der Waals surface area contributed by atoms with E-state index in [1.165, 1.54) is 52.9 Å². The SMILES string of the molecule is CN[C@H](CC(C)C)C(=O)NC1C(=O)NC(C(N)=O)CC(=O)N[C@H]2C(=O)NC3C(=O)N[C@H](C(=O)N[C@@H](C(=O)O)c4cc(O)cc(O)c4-c4cc3ccc4O)[C@H](OC3CC(C)(N)C(O)C(C)O3)c3ccc(c(Cl)c3)Oc3cc2cc(c3OC2OC(CO)C(O)C(O)C2OC2CC(C)(NCC(OCc3ccccc3)C(=O)O)C(O)C(C)O2)Oc2ccc(cc2Cl)[C@H]1O. The van der Waals surface area contributed by atoms with Gasteiger partial charge in [0.2, 0.25) is 53.4 Å². The minimum Gasteiger partial charge on any atom is -0.508 e. The molecule has 124 heavy (non-hydrogen) atoms. The lowest BCUT2D eigenvalue weighted by molar-refractivity contribution is -0.334. The molecule has 6 aromatic rings. The molecule has 11 bridgehead atoms. The number of carbonyl (C=O) groups excluding carboxylic acids is 7. The zero-order valence-electron chi connectivity index (χ0n) is 67.7. The topological polar surface area (TPSA) is 608 Å². The summed E-state index contributed by atoms with van der Waals surface area (Å²) in [6.45, 7) is 7.97. The number of carboxylic acids is 2. The van der Waals surface area contributed by atoms with Crippen molar-refractivity contribution in [3.8, 4) is 57.1 Å². The van der Waals surface area contributed by atoms with Gasteiger partial charge in [-0.25, -0.2) is 9.59 Å². The molecule has 17 unspecified atom stereocenters. The number of aliphatic carboxylic acids is 2. The summed E-state index contributed by atoms with van der Waals surface area (Å²) in [4.78, 5) is 133. The first-order valence-electron chi connectivity index (χ1n) is 39.5. The highest BCUT2D eigenvalue weighted by Crippen LogP contribution is 2.51. The molecular formula is C83H98Cl2N10O29. The monoisotopic (exact) mass is 1770 g/mol. The normalized spacial score (nSPS) is 30.2. The van der Waals surface area contributed by atoms with Crippen LogP contribution in [0.1, 0.15) is 131 Å². The quantitative estimate of drug-likeness (QED) is 0.0487. The van der Waals surface area contributed by atoms with Gasteiger partial charge in [0, 0.05) is 53.2 Å². The predicted octanol–water partition coefficient (Wildman–Crippen LogP) is 1.64. The van der Waals surface area contributed by atoms with Gasteiger partial charge in [-0.15, -0.1) is 0 Å². The summed E-state index contributed by atoms with van der Waals surface area (Å²) in [5.74, 6) is -17.8. The van der Waals surface area contributed by atoms with Gasteiger partial charge in [0.1, 0.15) is 89.5 Å². The summed E-state index contributed by atoms with van der Waals surface area (Å²) in [5.41, 5.74) is 7.37. The molecule has 6 aromatic carbocycles. The number of carboxylic acid groups (broad SMARTS) is 2. The molecule has 3 fully saturated rings. The van der Waals surface area contributed by atoms with E-state index in [1.54, 1.807) is 30.3 Å². The zero-order chi connectivity index (χ0) is 90.0. The van der Waals surface area contributed by atoms with Crippen molar-refractivity contribution in [3.05, 3.63) is 153 Å². The molecule has 3 saturated heterocycles. The number of rotatable bonds is 21. The lowest BCUT2D eigenvalue weighted by Crippen LogP contribution is -2.66. The zero-order valence-corrected chi connectivity index (χ0v) is 69.2. The van der Waals surface area contributed by atoms with Crippen molar-refractivity contribution in [1.82, 2.24) is 42.5 Å². The second-order valence-corrected chi connectivity index (χ2v) is 33.0. The van der Waals surface area contributed by atoms with Gasteiger partial charge in [-0.3, -0.25) is 33.6 Å². The van der Waals surface area contributed by atoms with E-state index < -0.39 is 291 Å². The van der Waals surface area contributed by atoms with Crippen molar-refractivity contribution in [1.29, 1.82) is 0 Å². The third kappa shape index (κ3) is 20.5. The second kappa shape index (κ2) is 38.4. The van der Waals surface area contributed by atoms with Crippen LogP contribution in [-0.2, 0) is 78.2 Å². The van der Waals surface area contributed by atoms with Gasteiger partial charge in [-0.05, 0) is 129 Å². The molecule has 8 heterocycles. The van der Waals surface area contributed by atoms with Crippen LogP contribution in [0.15, 0.2) is 109 Å². The number of benzene rings is 6. The van der Waals surface area contributed by atoms with E-state index in [0.29, 0.717) is 5.56 Å². The number of amides is 7. The summed E-state index contributed by atoms with van der Waals surface area (Å²) in [6.07, 6.45) is -25.6. The number of fused-ring (bicyclic) bond motifs is 16. The van der Waals surface area contributed by atoms with Crippen LogP contribution in [0.25, 0.3) is 11.1 Å². The summed E-state index contributed by atoms with van der Waals surface area (Å²) >= 11 is 14.6. The van der Waals surface area contributed by atoms with E-state index in [9.17, 15) is 80.1 Å². The lowest BCUT2D eigenvalue weighted by atomic mass is 9.84. The molecule has 0 aliphatic carbocycles. The average Bonchev–Trinajstić information content (AvgIpc) is 0.790. The molecule has 0 saturated carbocycles. The number of likely N-dealkylation sites (N-methyl/N-ethyl adjacent to an activating group) is 1. The number of aliphatic hydroxyl groups excluding tert-OH is 6. The second-order valence-electron chi connectivity index (χ2n) is 32.2. The Morgan fingerprint density at radius 2 is 1.29 bits per heavy atom. The first-order valence-corrected chi connectivity index (χ1v) is 40.3. The highest BCUT2D eigenvalue weighted by molar-refractivity contribution is 6.32. The number of hydrogen-bond acceptors (Lipinski definition) is 30. The van der Waals surface area contributed by atoms with E-state index in [1.807, 2.05) is 13.8 Å². The van der Waals surface area contributed by atoms with Crippen LogP contribution in [0.2, 0.25) is 10.0 Å². The summed E-state index contributed by atoms with van der Waals surface area (Å²) in [5, 5.41) is 147. The first-order chi connectivity index (χ1) is 58.6. The highest BCUT2D eigenvalue weighted by Gasteiger charge is 2.53. The maximum absolute atomic E-state index is 16.4. The van der Waals surface area contributed by atoms with Crippen LogP contribution in [0, 0.1) is 5.92 Å². The number of nitrogens with two attached hydrogens (primary N) is 2. The van der Waals surface area contributed by atoms with Gasteiger partial charge in [0.25, 0.3) is 0 Å². The standard InChI is InChI=1S/C83H98Cl2N10O29/c1-33(2)19-47(88-7)74(107)94-63-65(101)38-14-17-50(44(84)21-38)119-52-23-40-24-53(69(52)124-81-70(67(103)66(102)55(31-96)121-81)123-58-29-83(6,72(105)35(4)118-58)89-30-54(79(112)113)116-32-36-11-9-8-10-12-36)120-51-18-15-39(22-45(51)85)68(122-57-28-82(5,87)71(104)34(3)117-57)64-78(111)93-62(80(114)115)43-25-41(97)26-49(99)59(43)42-20-37(13-16-48(42)98)60(75(108)95-64)92-76(109)61(40)91-56(100)27-46(73(86)106)90-77(63)110/h8-18,20-26,33-35,46-47,54-55,57-58,60-68,70-72,81,88-89,96-99,101-105H,19,27-32,87H2,1-7H3,(H2,86,106)(H,90,110)(H,91,100)(H,92,109)(H,93,111)(H,94,107)(H,95,108)(H,112,113)(H,114,115)/t34?,35?,46?,47-,54?,55?,57?,58?,60?,61-,62-,63?,64+,65-,66?,67?,68-,70?,71?,72?,81?,82?,83?/m1/s1. The van der Waals surface area contributed by atoms with Gasteiger partial charge in [-0.1, -0.05) is 85.6 Å². The predicted molar refractivity (Wildman–Crippen MR) is 432 cm³/mol. The molecule has 23 N–H and O–H groups in total. The number of aliphatic hydroxyl groups is 6. The third-order valence-electron chi connectivity index (χ3n) is 22.4. The van der Waals surface area contributed by atoms with E-state index in [2.05, 4.69) is 42.5 Å². The highest BCUT2D eigenvalue weighted by atomic mass is 35.5. The number of phenols is 3. The summed E-state index contributed by atoms with van der Waals surface area (Å²) in [6, 6.07) is 8.15. The van der Waals surface area contributed by atoms with Crippen LogP contribution in [0.4, 0.5) is 0 Å².